The maximum atomic E-state index is 9.45. The summed E-state index contributed by atoms with van der Waals surface area (Å²) in [5.41, 5.74) is -0.595. The van der Waals surface area contributed by atoms with Crippen LogP contribution in [0.15, 0.2) is 0 Å². The largest absolute Gasteiger partial charge is 0.390 e. The first-order valence-corrected chi connectivity index (χ1v) is 5.13. The van der Waals surface area contributed by atoms with E-state index >= 15 is 0 Å². The molecule has 0 amide bonds. The first-order chi connectivity index (χ1) is 6.08. The maximum absolute atomic E-state index is 9.45. The Kier molecular flexibility index (Phi) is 4.16. The molecule has 1 fully saturated rings. The molecule has 1 heterocycles. The fraction of sp³-hybridized carbons (Fsp3) is 1.00. The average Bonchev–Trinajstić information content (AvgIpc) is 2.04. The molecule has 1 atom stereocenters. The van der Waals surface area contributed by atoms with Gasteiger partial charge in [-0.2, -0.15) is 0 Å². The van der Waals surface area contributed by atoms with Gasteiger partial charge in [0.25, 0.3) is 0 Å². The highest BCUT2D eigenvalue weighted by Gasteiger charge is 2.16. The van der Waals surface area contributed by atoms with Crippen molar-refractivity contribution in [1.82, 2.24) is 5.32 Å². The van der Waals surface area contributed by atoms with Gasteiger partial charge in [-0.1, -0.05) is 0 Å². The van der Waals surface area contributed by atoms with Crippen molar-refractivity contribution in [2.45, 2.75) is 44.8 Å². The molecule has 0 aromatic rings. The van der Waals surface area contributed by atoms with Gasteiger partial charge >= 0.3 is 0 Å². The van der Waals surface area contributed by atoms with Gasteiger partial charge in [-0.25, -0.2) is 0 Å². The van der Waals surface area contributed by atoms with Gasteiger partial charge in [-0.3, -0.25) is 0 Å². The molecule has 1 aliphatic rings. The molecule has 3 heteroatoms. The predicted octanol–water partition coefficient (Wildman–Crippen LogP) is 0.916. The van der Waals surface area contributed by atoms with Gasteiger partial charge in [-0.05, 0) is 39.7 Å². The van der Waals surface area contributed by atoms with E-state index in [1.807, 2.05) is 13.8 Å². The first kappa shape index (κ1) is 11.0. The van der Waals surface area contributed by atoms with E-state index in [1.54, 1.807) is 0 Å². The monoisotopic (exact) mass is 187 g/mol. The van der Waals surface area contributed by atoms with E-state index in [1.165, 1.54) is 6.42 Å². The zero-order chi connectivity index (χ0) is 9.73. The van der Waals surface area contributed by atoms with Gasteiger partial charge in [0.15, 0.2) is 0 Å². The Hall–Kier alpha value is -0.120. The van der Waals surface area contributed by atoms with Crippen molar-refractivity contribution in [2.75, 3.05) is 19.7 Å². The van der Waals surface area contributed by atoms with E-state index in [4.69, 9.17) is 4.74 Å². The summed E-state index contributed by atoms with van der Waals surface area (Å²) in [6, 6.07) is 0. The second kappa shape index (κ2) is 4.94. The van der Waals surface area contributed by atoms with Crippen molar-refractivity contribution in [3.05, 3.63) is 0 Å². The summed E-state index contributed by atoms with van der Waals surface area (Å²) in [5.74, 6) is 0. The minimum Gasteiger partial charge on any atom is -0.390 e. The SMILES string of the molecule is CC(C)(O)CCO[C@H]1CCCNC1. The quantitative estimate of drug-likeness (QED) is 0.687. The van der Waals surface area contributed by atoms with Gasteiger partial charge < -0.3 is 15.2 Å². The number of rotatable bonds is 4. The molecule has 1 rings (SSSR count). The van der Waals surface area contributed by atoms with Crippen molar-refractivity contribution < 1.29 is 9.84 Å². The highest BCUT2D eigenvalue weighted by molar-refractivity contribution is 4.70. The molecule has 0 aromatic heterocycles. The van der Waals surface area contributed by atoms with Crippen molar-refractivity contribution in [3.8, 4) is 0 Å². The lowest BCUT2D eigenvalue weighted by atomic mass is 10.1. The number of aliphatic hydroxyl groups is 1. The summed E-state index contributed by atoms with van der Waals surface area (Å²) >= 11 is 0. The third kappa shape index (κ3) is 5.24. The standard InChI is InChI=1S/C10H21NO2/c1-10(2,12)5-7-13-9-4-3-6-11-8-9/h9,11-12H,3-8H2,1-2H3/t9-/m0/s1. The van der Waals surface area contributed by atoms with Crippen molar-refractivity contribution in [2.24, 2.45) is 0 Å². The zero-order valence-electron chi connectivity index (χ0n) is 8.68. The Labute approximate surface area is 80.5 Å². The molecule has 3 nitrogen and oxygen atoms in total. The van der Waals surface area contributed by atoms with Gasteiger partial charge in [0, 0.05) is 13.2 Å². The van der Waals surface area contributed by atoms with Crippen LogP contribution in [0.5, 0.6) is 0 Å². The van der Waals surface area contributed by atoms with Crippen LogP contribution in [-0.2, 0) is 4.74 Å². The molecule has 0 aliphatic carbocycles. The Morgan fingerprint density at radius 2 is 2.31 bits per heavy atom. The molecular weight excluding hydrogens is 166 g/mol. The number of nitrogens with one attached hydrogen (secondary N) is 1. The smallest absolute Gasteiger partial charge is 0.0699 e. The molecule has 0 aromatic carbocycles. The van der Waals surface area contributed by atoms with E-state index < -0.39 is 5.60 Å². The summed E-state index contributed by atoms with van der Waals surface area (Å²) in [7, 11) is 0. The van der Waals surface area contributed by atoms with Gasteiger partial charge in [-0.15, -0.1) is 0 Å². The molecule has 2 N–H and O–H groups in total. The highest BCUT2D eigenvalue weighted by atomic mass is 16.5. The Morgan fingerprint density at radius 1 is 1.54 bits per heavy atom. The average molecular weight is 187 g/mol. The fourth-order valence-corrected chi connectivity index (χ4v) is 1.44. The van der Waals surface area contributed by atoms with Crippen LogP contribution in [-0.4, -0.2) is 36.5 Å². The lowest BCUT2D eigenvalue weighted by molar-refractivity contribution is -0.00880. The molecule has 0 unspecified atom stereocenters. The summed E-state index contributed by atoms with van der Waals surface area (Å²) in [6.07, 6.45) is 3.42. The van der Waals surface area contributed by atoms with Crippen LogP contribution in [0, 0.1) is 0 Å². The lowest BCUT2D eigenvalue weighted by Crippen LogP contribution is -2.36. The van der Waals surface area contributed by atoms with Crippen LogP contribution in [0.3, 0.4) is 0 Å². The van der Waals surface area contributed by atoms with Gasteiger partial charge in [0.05, 0.1) is 11.7 Å². The fourth-order valence-electron chi connectivity index (χ4n) is 1.44. The third-order valence-corrected chi connectivity index (χ3v) is 2.32. The maximum Gasteiger partial charge on any atom is 0.0699 e. The van der Waals surface area contributed by atoms with Crippen LogP contribution < -0.4 is 5.32 Å². The van der Waals surface area contributed by atoms with E-state index in [0.717, 1.165) is 19.5 Å². The highest BCUT2D eigenvalue weighted by Crippen LogP contribution is 2.10. The van der Waals surface area contributed by atoms with E-state index in [0.29, 0.717) is 19.1 Å². The second-order valence-corrected chi connectivity index (χ2v) is 4.40. The molecule has 1 saturated heterocycles. The summed E-state index contributed by atoms with van der Waals surface area (Å²) in [6.45, 7) is 6.37. The Balaban J connectivity index is 2.04. The third-order valence-electron chi connectivity index (χ3n) is 2.32. The number of piperidine rings is 1. The van der Waals surface area contributed by atoms with E-state index in [-0.39, 0.29) is 0 Å². The molecular formula is C10H21NO2. The van der Waals surface area contributed by atoms with Crippen molar-refractivity contribution in [1.29, 1.82) is 0 Å². The van der Waals surface area contributed by atoms with E-state index in [2.05, 4.69) is 5.32 Å². The number of hydrogen-bond acceptors (Lipinski definition) is 3. The normalized spacial score (nSPS) is 24.7. The van der Waals surface area contributed by atoms with E-state index in [9.17, 15) is 5.11 Å². The molecule has 0 saturated carbocycles. The molecule has 78 valence electrons. The predicted molar refractivity (Wildman–Crippen MR) is 52.8 cm³/mol. The van der Waals surface area contributed by atoms with Crippen LogP contribution in [0.4, 0.5) is 0 Å². The molecule has 0 bridgehead atoms. The Bertz CT molecular complexity index is 136. The van der Waals surface area contributed by atoms with Crippen LogP contribution in [0.25, 0.3) is 0 Å². The summed E-state index contributed by atoms with van der Waals surface area (Å²) in [4.78, 5) is 0. The summed E-state index contributed by atoms with van der Waals surface area (Å²) < 4.78 is 5.64. The minimum absolute atomic E-state index is 0.357. The summed E-state index contributed by atoms with van der Waals surface area (Å²) in [5, 5.41) is 12.7. The minimum atomic E-state index is -0.595. The Morgan fingerprint density at radius 3 is 2.85 bits per heavy atom. The van der Waals surface area contributed by atoms with Crippen LogP contribution >= 0.6 is 0 Å². The number of ether oxygens (including phenoxy) is 1. The van der Waals surface area contributed by atoms with Gasteiger partial charge in [0.1, 0.15) is 0 Å². The van der Waals surface area contributed by atoms with Gasteiger partial charge in [0.2, 0.25) is 0 Å². The van der Waals surface area contributed by atoms with Crippen molar-refractivity contribution in [3.63, 3.8) is 0 Å². The zero-order valence-corrected chi connectivity index (χ0v) is 8.68. The van der Waals surface area contributed by atoms with Crippen LogP contribution in [0.1, 0.15) is 33.1 Å². The molecule has 0 radical (unpaired) electrons. The van der Waals surface area contributed by atoms with Crippen molar-refractivity contribution >= 4 is 0 Å². The molecule has 1 aliphatic heterocycles. The second-order valence-electron chi connectivity index (χ2n) is 4.40. The topological polar surface area (TPSA) is 41.5 Å². The number of hydrogen-bond donors (Lipinski definition) is 2. The first-order valence-electron chi connectivity index (χ1n) is 5.13. The van der Waals surface area contributed by atoms with Crippen LogP contribution in [0.2, 0.25) is 0 Å². The molecule has 13 heavy (non-hydrogen) atoms. The lowest BCUT2D eigenvalue weighted by Gasteiger charge is -2.24. The molecule has 0 spiro atoms.